The molecule has 0 radical (unpaired) electrons. The van der Waals surface area contributed by atoms with E-state index in [1.165, 1.54) is 11.9 Å². The summed E-state index contributed by atoms with van der Waals surface area (Å²) in [6.07, 6.45) is 4.36. The highest BCUT2D eigenvalue weighted by Gasteiger charge is 2.10. The van der Waals surface area contributed by atoms with E-state index in [0.717, 1.165) is 16.4 Å². The summed E-state index contributed by atoms with van der Waals surface area (Å²) >= 11 is 3.48. The van der Waals surface area contributed by atoms with E-state index in [4.69, 9.17) is 5.73 Å². The molecule has 2 aromatic rings. The first-order chi connectivity index (χ1) is 6.24. The van der Waals surface area contributed by atoms with Crippen LogP contribution in [0.3, 0.4) is 0 Å². The van der Waals surface area contributed by atoms with Crippen LogP contribution < -0.4 is 5.73 Å². The molecular formula is C8H9BrN4. The van der Waals surface area contributed by atoms with Crippen molar-refractivity contribution in [2.24, 2.45) is 0 Å². The summed E-state index contributed by atoms with van der Waals surface area (Å²) in [6.45, 7) is 2.09. The molecule has 5 heteroatoms. The summed E-state index contributed by atoms with van der Waals surface area (Å²) in [5, 5.41) is 4.07. The molecule has 0 saturated carbocycles. The van der Waals surface area contributed by atoms with Crippen molar-refractivity contribution in [2.75, 3.05) is 5.73 Å². The lowest BCUT2D eigenvalue weighted by molar-refractivity contribution is 0.901. The van der Waals surface area contributed by atoms with Gasteiger partial charge in [-0.1, -0.05) is 6.92 Å². The summed E-state index contributed by atoms with van der Waals surface area (Å²) in [6, 6.07) is 0. The molecular weight excluding hydrogens is 232 g/mol. The Hall–Kier alpha value is -1.10. The van der Waals surface area contributed by atoms with Crippen LogP contribution in [0.2, 0.25) is 0 Å². The molecule has 0 atom stereocenters. The maximum atomic E-state index is 5.72. The number of nitrogens with zero attached hydrogens (tertiary/aromatic N) is 3. The number of nitrogen functional groups attached to an aromatic ring is 1. The van der Waals surface area contributed by atoms with E-state index in [-0.39, 0.29) is 0 Å². The molecule has 0 amide bonds. The van der Waals surface area contributed by atoms with E-state index in [0.29, 0.717) is 5.82 Å². The van der Waals surface area contributed by atoms with Gasteiger partial charge in [-0.05, 0) is 27.9 Å². The van der Waals surface area contributed by atoms with E-state index in [2.05, 4.69) is 32.9 Å². The van der Waals surface area contributed by atoms with Crippen LogP contribution in [0.25, 0.3) is 5.52 Å². The third kappa shape index (κ3) is 1.19. The third-order valence-corrected chi connectivity index (χ3v) is 2.88. The number of aromatic nitrogens is 3. The van der Waals surface area contributed by atoms with Crippen molar-refractivity contribution in [1.29, 1.82) is 0 Å². The van der Waals surface area contributed by atoms with Crippen molar-refractivity contribution in [3.8, 4) is 0 Å². The molecule has 2 N–H and O–H groups in total. The van der Waals surface area contributed by atoms with Crippen LogP contribution in [-0.2, 0) is 6.42 Å². The zero-order valence-electron chi connectivity index (χ0n) is 7.16. The molecule has 0 aromatic carbocycles. The standard InChI is InChI=1S/C8H9BrN4/c1-2-5-3-13-7(6(5)9)8(10)11-4-12-13/h3-4H,2H2,1H3,(H2,10,11,12). The topological polar surface area (TPSA) is 56.2 Å². The minimum Gasteiger partial charge on any atom is -0.382 e. The number of hydrogen-bond acceptors (Lipinski definition) is 3. The fourth-order valence-corrected chi connectivity index (χ4v) is 2.06. The monoisotopic (exact) mass is 240 g/mol. The Kier molecular flexibility index (Phi) is 1.95. The van der Waals surface area contributed by atoms with Gasteiger partial charge in [0.05, 0.1) is 4.47 Å². The highest BCUT2D eigenvalue weighted by atomic mass is 79.9. The first kappa shape index (κ1) is 8.50. The summed E-state index contributed by atoms with van der Waals surface area (Å²) < 4.78 is 2.73. The normalized spacial score (nSPS) is 10.9. The fraction of sp³-hybridized carbons (Fsp3) is 0.250. The third-order valence-electron chi connectivity index (χ3n) is 1.99. The second-order valence-electron chi connectivity index (χ2n) is 2.76. The van der Waals surface area contributed by atoms with Gasteiger partial charge < -0.3 is 5.73 Å². The smallest absolute Gasteiger partial charge is 0.152 e. The highest BCUT2D eigenvalue weighted by Crippen LogP contribution is 2.27. The first-order valence-corrected chi connectivity index (χ1v) is 4.79. The van der Waals surface area contributed by atoms with Crippen molar-refractivity contribution in [2.45, 2.75) is 13.3 Å². The molecule has 2 aromatic heterocycles. The zero-order chi connectivity index (χ0) is 9.42. The van der Waals surface area contributed by atoms with Crippen molar-refractivity contribution in [1.82, 2.24) is 14.6 Å². The fourth-order valence-electron chi connectivity index (χ4n) is 1.29. The van der Waals surface area contributed by atoms with Gasteiger partial charge in [0.1, 0.15) is 11.8 Å². The Labute approximate surface area is 83.9 Å². The van der Waals surface area contributed by atoms with E-state index in [1.807, 2.05) is 6.20 Å². The molecule has 0 aliphatic carbocycles. The second-order valence-corrected chi connectivity index (χ2v) is 3.55. The van der Waals surface area contributed by atoms with Gasteiger partial charge in [0.15, 0.2) is 5.82 Å². The Morgan fingerprint density at radius 1 is 1.62 bits per heavy atom. The van der Waals surface area contributed by atoms with Gasteiger partial charge in [-0.3, -0.25) is 0 Å². The number of rotatable bonds is 1. The predicted octanol–water partition coefficient (Wildman–Crippen LogP) is 1.64. The summed E-state index contributed by atoms with van der Waals surface area (Å²) in [7, 11) is 0. The molecule has 0 spiro atoms. The van der Waals surface area contributed by atoms with Crippen molar-refractivity contribution >= 4 is 27.3 Å². The quantitative estimate of drug-likeness (QED) is 0.825. The lowest BCUT2D eigenvalue weighted by Gasteiger charge is -1.95. The Balaban J connectivity index is 2.85. The molecule has 2 heterocycles. The molecule has 0 aliphatic heterocycles. The largest absolute Gasteiger partial charge is 0.382 e. The number of hydrogen-bond donors (Lipinski definition) is 1. The van der Waals surface area contributed by atoms with Crippen LogP contribution in [0.15, 0.2) is 17.0 Å². The minimum atomic E-state index is 0.501. The Morgan fingerprint density at radius 3 is 3.00 bits per heavy atom. The highest BCUT2D eigenvalue weighted by molar-refractivity contribution is 9.10. The molecule has 0 bridgehead atoms. The molecule has 0 unspecified atom stereocenters. The Morgan fingerprint density at radius 2 is 2.38 bits per heavy atom. The Bertz CT molecular complexity index is 449. The van der Waals surface area contributed by atoms with E-state index in [1.54, 1.807) is 4.52 Å². The average Bonchev–Trinajstić information content (AvgIpc) is 2.44. The van der Waals surface area contributed by atoms with E-state index < -0.39 is 0 Å². The van der Waals surface area contributed by atoms with Crippen molar-refractivity contribution in [3.63, 3.8) is 0 Å². The lowest BCUT2D eigenvalue weighted by Crippen LogP contribution is -1.97. The van der Waals surface area contributed by atoms with Gasteiger partial charge >= 0.3 is 0 Å². The second kappa shape index (κ2) is 2.99. The van der Waals surface area contributed by atoms with Crippen LogP contribution in [0.1, 0.15) is 12.5 Å². The van der Waals surface area contributed by atoms with Gasteiger partial charge in [0.25, 0.3) is 0 Å². The lowest BCUT2D eigenvalue weighted by atomic mass is 10.2. The molecule has 2 rings (SSSR count). The predicted molar refractivity (Wildman–Crippen MR) is 54.5 cm³/mol. The van der Waals surface area contributed by atoms with E-state index >= 15 is 0 Å². The number of aryl methyl sites for hydroxylation is 1. The summed E-state index contributed by atoms with van der Waals surface area (Å²) in [5.41, 5.74) is 7.76. The maximum Gasteiger partial charge on any atom is 0.152 e. The minimum absolute atomic E-state index is 0.501. The number of nitrogens with two attached hydrogens (primary N) is 1. The van der Waals surface area contributed by atoms with Crippen molar-refractivity contribution < 1.29 is 0 Å². The summed E-state index contributed by atoms with van der Waals surface area (Å²) in [4.78, 5) is 3.93. The maximum absolute atomic E-state index is 5.72. The van der Waals surface area contributed by atoms with Crippen LogP contribution in [0.5, 0.6) is 0 Å². The van der Waals surface area contributed by atoms with Crippen LogP contribution in [0.4, 0.5) is 5.82 Å². The zero-order valence-corrected chi connectivity index (χ0v) is 8.74. The first-order valence-electron chi connectivity index (χ1n) is 4.00. The van der Waals surface area contributed by atoms with Crippen molar-refractivity contribution in [3.05, 3.63) is 22.6 Å². The van der Waals surface area contributed by atoms with Gasteiger partial charge in [-0.25, -0.2) is 9.50 Å². The van der Waals surface area contributed by atoms with Crippen LogP contribution >= 0.6 is 15.9 Å². The van der Waals surface area contributed by atoms with Gasteiger partial charge in [0, 0.05) is 6.20 Å². The SMILES string of the molecule is CCc1cn2ncnc(N)c2c1Br. The molecule has 68 valence electrons. The van der Waals surface area contributed by atoms with Crippen LogP contribution in [-0.4, -0.2) is 14.6 Å². The summed E-state index contributed by atoms with van der Waals surface area (Å²) in [5.74, 6) is 0.501. The van der Waals surface area contributed by atoms with Gasteiger partial charge in [0.2, 0.25) is 0 Å². The molecule has 0 aliphatic rings. The van der Waals surface area contributed by atoms with Gasteiger partial charge in [-0.2, -0.15) is 5.10 Å². The molecule has 13 heavy (non-hydrogen) atoms. The average molecular weight is 241 g/mol. The number of fused-ring (bicyclic) bond motifs is 1. The van der Waals surface area contributed by atoms with E-state index in [9.17, 15) is 0 Å². The number of anilines is 1. The van der Waals surface area contributed by atoms with Gasteiger partial charge in [-0.15, -0.1) is 0 Å². The molecule has 4 nitrogen and oxygen atoms in total. The number of halogens is 1. The molecule has 0 fully saturated rings. The van der Waals surface area contributed by atoms with Crippen LogP contribution in [0, 0.1) is 0 Å². The molecule has 0 saturated heterocycles.